The molecule has 1 atom stereocenters. The van der Waals surface area contributed by atoms with Gasteiger partial charge in [0, 0.05) is 36.3 Å². The Balaban J connectivity index is 1.58. The highest BCUT2D eigenvalue weighted by Gasteiger charge is 2.36. The summed E-state index contributed by atoms with van der Waals surface area (Å²) in [6, 6.07) is 14.2. The molecular weight excluding hydrogens is 352 g/mol. The van der Waals surface area contributed by atoms with Gasteiger partial charge in [-0.05, 0) is 12.1 Å². The quantitative estimate of drug-likeness (QED) is 0.335. The number of Topliss-reactive ketones (excluding diaryl/α,β-unsaturated/α-hetero) is 1. The Hall–Kier alpha value is -3.55. The van der Waals surface area contributed by atoms with E-state index < -0.39 is 29.2 Å². The molecule has 1 aliphatic heterocycles. The number of benzene rings is 2. The van der Waals surface area contributed by atoms with Gasteiger partial charge in [-0.2, -0.15) is 0 Å². The van der Waals surface area contributed by atoms with Crippen molar-refractivity contribution in [1.29, 1.82) is 0 Å². The minimum absolute atomic E-state index is 0.0126. The molecule has 1 heterocycles. The maximum Gasteiger partial charge on any atom is 0.311 e. The van der Waals surface area contributed by atoms with Crippen molar-refractivity contribution in [3.8, 4) is 0 Å². The molecule has 2 aromatic carbocycles. The standard InChI is InChI=1S/C19H16N2O6/c22-17(13-5-4-8-16(9-13)21(25)26)12-27-19(24)14-10-18(23)20(11-14)15-6-2-1-3-7-15/h1-9,14H,10-12H2. The molecule has 1 aliphatic rings. The van der Waals surface area contributed by atoms with Crippen LogP contribution in [0.3, 0.4) is 0 Å². The number of nitro groups is 1. The number of anilines is 1. The number of nitro benzene ring substituents is 1. The van der Waals surface area contributed by atoms with Gasteiger partial charge in [0.15, 0.2) is 6.61 Å². The van der Waals surface area contributed by atoms with Crippen molar-refractivity contribution in [3.63, 3.8) is 0 Å². The molecule has 0 radical (unpaired) electrons. The number of hydrogen-bond donors (Lipinski definition) is 0. The van der Waals surface area contributed by atoms with Crippen LogP contribution in [0, 0.1) is 16.0 Å². The van der Waals surface area contributed by atoms with Crippen LogP contribution in [0.1, 0.15) is 16.8 Å². The largest absolute Gasteiger partial charge is 0.457 e. The minimum Gasteiger partial charge on any atom is -0.457 e. The van der Waals surface area contributed by atoms with Crippen molar-refractivity contribution >= 4 is 29.0 Å². The Morgan fingerprint density at radius 2 is 1.89 bits per heavy atom. The van der Waals surface area contributed by atoms with Crippen LogP contribution < -0.4 is 4.90 Å². The van der Waals surface area contributed by atoms with Crippen LogP contribution in [0.25, 0.3) is 0 Å². The van der Waals surface area contributed by atoms with Crippen molar-refractivity contribution in [3.05, 3.63) is 70.3 Å². The summed E-state index contributed by atoms with van der Waals surface area (Å²) >= 11 is 0. The second-order valence-electron chi connectivity index (χ2n) is 6.08. The summed E-state index contributed by atoms with van der Waals surface area (Å²) in [5.74, 6) is -2.03. The van der Waals surface area contributed by atoms with E-state index in [0.29, 0.717) is 5.69 Å². The molecule has 8 nitrogen and oxygen atoms in total. The van der Waals surface area contributed by atoms with Crippen LogP contribution in [0.2, 0.25) is 0 Å². The lowest BCUT2D eigenvalue weighted by atomic mass is 10.1. The molecule has 138 valence electrons. The zero-order valence-electron chi connectivity index (χ0n) is 14.2. The highest BCUT2D eigenvalue weighted by atomic mass is 16.6. The third kappa shape index (κ3) is 4.17. The lowest BCUT2D eigenvalue weighted by molar-refractivity contribution is -0.384. The SMILES string of the molecule is O=C(COC(=O)C1CC(=O)N(c2ccccc2)C1)c1cccc([N+](=O)[O-])c1. The van der Waals surface area contributed by atoms with Gasteiger partial charge in [0.05, 0.1) is 10.8 Å². The molecule has 27 heavy (non-hydrogen) atoms. The summed E-state index contributed by atoms with van der Waals surface area (Å²) in [6.45, 7) is -0.345. The van der Waals surface area contributed by atoms with E-state index >= 15 is 0 Å². The van der Waals surface area contributed by atoms with E-state index in [1.807, 2.05) is 6.07 Å². The zero-order valence-corrected chi connectivity index (χ0v) is 14.2. The van der Waals surface area contributed by atoms with Crippen LogP contribution in [-0.2, 0) is 14.3 Å². The van der Waals surface area contributed by atoms with Crippen LogP contribution in [-0.4, -0.2) is 35.7 Å². The van der Waals surface area contributed by atoms with Crippen molar-refractivity contribution in [2.45, 2.75) is 6.42 Å². The molecular formula is C19H16N2O6. The molecule has 1 amide bonds. The number of para-hydroxylation sites is 1. The number of amides is 1. The molecule has 0 saturated carbocycles. The first-order chi connectivity index (χ1) is 13.0. The number of rotatable bonds is 6. The summed E-state index contributed by atoms with van der Waals surface area (Å²) in [4.78, 5) is 48.1. The average Bonchev–Trinajstić information content (AvgIpc) is 3.08. The van der Waals surface area contributed by atoms with Crippen molar-refractivity contribution in [2.24, 2.45) is 5.92 Å². The molecule has 8 heteroatoms. The van der Waals surface area contributed by atoms with Gasteiger partial charge < -0.3 is 9.64 Å². The maximum absolute atomic E-state index is 12.2. The highest BCUT2D eigenvalue weighted by molar-refractivity contribution is 6.01. The maximum atomic E-state index is 12.2. The van der Waals surface area contributed by atoms with Gasteiger partial charge in [-0.3, -0.25) is 24.5 Å². The molecule has 0 aromatic heterocycles. The Bertz CT molecular complexity index is 896. The number of carbonyl (C=O) groups excluding carboxylic acids is 3. The van der Waals surface area contributed by atoms with E-state index in [4.69, 9.17) is 4.74 Å². The molecule has 0 bridgehead atoms. The summed E-state index contributed by atoms with van der Waals surface area (Å²) in [5, 5.41) is 10.8. The molecule has 0 spiro atoms. The molecule has 1 fully saturated rings. The van der Waals surface area contributed by atoms with E-state index in [-0.39, 0.29) is 30.1 Å². The average molecular weight is 368 g/mol. The van der Waals surface area contributed by atoms with Crippen LogP contribution in [0.15, 0.2) is 54.6 Å². The van der Waals surface area contributed by atoms with Gasteiger partial charge in [0.1, 0.15) is 0 Å². The number of esters is 1. The smallest absolute Gasteiger partial charge is 0.311 e. The number of ketones is 1. The Labute approximate surface area is 154 Å². The van der Waals surface area contributed by atoms with Gasteiger partial charge >= 0.3 is 5.97 Å². The number of nitrogens with zero attached hydrogens (tertiary/aromatic N) is 2. The van der Waals surface area contributed by atoms with Crippen molar-refractivity contribution in [1.82, 2.24) is 0 Å². The Morgan fingerprint density at radius 3 is 2.59 bits per heavy atom. The Kier molecular flexibility index (Phi) is 5.25. The fraction of sp³-hybridized carbons (Fsp3) is 0.211. The first kappa shape index (κ1) is 18.2. The van der Waals surface area contributed by atoms with Gasteiger partial charge in [-0.1, -0.05) is 30.3 Å². The zero-order chi connectivity index (χ0) is 19.4. The number of non-ortho nitro benzene ring substituents is 1. The summed E-state index contributed by atoms with van der Waals surface area (Å²) < 4.78 is 5.04. The van der Waals surface area contributed by atoms with E-state index in [0.717, 1.165) is 6.07 Å². The lowest BCUT2D eigenvalue weighted by Crippen LogP contribution is -2.27. The van der Waals surface area contributed by atoms with Gasteiger partial charge in [0.2, 0.25) is 11.7 Å². The first-order valence-electron chi connectivity index (χ1n) is 8.25. The first-order valence-corrected chi connectivity index (χ1v) is 8.25. The normalized spacial score (nSPS) is 16.2. The van der Waals surface area contributed by atoms with E-state index in [2.05, 4.69) is 0 Å². The third-order valence-corrected chi connectivity index (χ3v) is 4.25. The second-order valence-corrected chi connectivity index (χ2v) is 6.08. The van der Waals surface area contributed by atoms with Gasteiger partial charge in [0.25, 0.3) is 5.69 Å². The number of ether oxygens (including phenoxy) is 1. The van der Waals surface area contributed by atoms with Gasteiger partial charge in [-0.15, -0.1) is 0 Å². The summed E-state index contributed by atoms with van der Waals surface area (Å²) in [5.41, 5.74) is 0.572. The summed E-state index contributed by atoms with van der Waals surface area (Å²) in [6.07, 6.45) is 0.0126. The molecule has 0 N–H and O–H groups in total. The molecule has 1 unspecified atom stereocenters. The minimum atomic E-state index is -0.657. The molecule has 0 aliphatic carbocycles. The van der Waals surface area contributed by atoms with Crippen molar-refractivity contribution in [2.75, 3.05) is 18.1 Å². The fourth-order valence-electron chi connectivity index (χ4n) is 2.85. The predicted octanol–water partition coefficient (Wildman–Crippen LogP) is 2.37. The molecule has 3 rings (SSSR count). The molecule has 2 aromatic rings. The number of carbonyl (C=O) groups is 3. The topological polar surface area (TPSA) is 107 Å². The van der Waals surface area contributed by atoms with E-state index in [9.17, 15) is 24.5 Å². The molecule has 1 saturated heterocycles. The lowest BCUT2D eigenvalue weighted by Gasteiger charge is -2.16. The second kappa shape index (κ2) is 7.77. The highest BCUT2D eigenvalue weighted by Crippen LogP contribution is 2.25. The van der Waals surface area contributed by atoms with Crippen LogP contribution in [0.5, 0.6) is 0 Å². The van der Waals surface area contributed by atoms with Crippen LogP contribution in [0.4, 0.5) is 11.4 Å². The van der Waals surface area contributed by atoms with Crippen molar-refractivity contribution < 1.29 is 24.0 Å². The van der Waals surface area contributed by atoms with E-state index in [1.165, 1.54) is 23.1 Å². The van der Waals surface area contributed by atoms with Crippen LogP contribution >= 0.6 is 0 Å². The van der Waals surface area contributed by atoms with Gasteiger partial charge in [-0.25, -0.2) is 0 Å². The monoisotopic (exact) mass is 368 g/mol. The van der Waals surface area contributed by atoms with E-state index in [1.54, 1.807) is 24.3 Å². The third-order valence-electron chi connectivity index (χ3n) is 4.25. The number of hydrogen-bond acceptors (Lipinski definition) is 6. The Morgan fingerprint density at radius 1 is 1.15 bits per heavy atom. The fourth-order valence-corrected chi connectivity index (χ4v) is 2.85. The predicted molar refractivity (Wildman–Crippen MR) is 95.3 cm³/mol. The summed E-state index contributed by atoms with van der Waals surface area (Å²) in [7, 11) is 0.